The van der Waals surface area contributed by atoms with Crippen LogP contribution in [-0.4, -0.2) is 12.4 Å². The summed E-state index contributed by atoms with van der Waals surface area (Å²) in [7, 11) is 0. The Morgan fingerprint density at radius 1 is 1.50 bits per heavy atom. The lowest BCUT2D eigenvalue weighted by atomic mass is 10.0. The van der Waals surface area contributed by atoms with Crippen LogP contribution in [0.3, 0.4) is 0 Å². The van der Waals surface area contributed by atoms with Gasteiger partial charge in [0.25, 0.3) is 0 Å². The predicted octanol–water partition coefficient (Wildman–Crippen LogP) is 0.636. The Morgan fingerprint density at radius 3 is 2.60 bits per heavy atom. The third-order valence-corrected chi connectivity index (χ3v) is 2.04. The average Bonchev–Trinajstić information content (AvgIpc) is 2.38. The van der Waals surface area contributed by atoms with Crippen molar-refractivity contribution in [1.29, 1.82) is 0 Å². The van der Waals surface area contributed by atoms with Gasteiger partial charge in [-0.2, -0.15) is 0 Å². The van der Waals surface area contributed by atoms with E-state index < -0.39 is 0 Å². The van der Waals surface area contributed by atoms with Crippen LogP contribution in [0.2, 0.25) is 0 Å². The van der Waals surface area contributed by atoms with Gasteiger partial charge in [0.05, 0.1) is 0 Å². The van der Waals surface area contributed by atoms with Gasteiger partial charge in [-0.1, -0.05) is 12.8 Å². The van der Waals surface area contributed by atoms with Crippen molar-refractivity contribution in [3.63, 3.8) is 0 Å². The largest absolute Gasteiger partial charge is 0.297 e. The van der Waals surface area contributed by atoms with Crippen LogP contribution in [-0.2, 0) is 9.63 Å². The molecule has 1 saturated carbocycles. The highest BCUT2D eigenvalue weighted by Gasteiger charge is 2.21. The Hall–Kier alpha value is -0.410. The number of hydrogen-bond donors (Lipinski definition) is 1. The highest BCUT2D eigenvalue weighted by molar-refractivity contribution is 5.82. The molecule has 0 amide bonds. The molecule has 0 aromatic carbocycles. The van der Waals surface area contributed by atoms with Gasteiger partial charge in [-0.25, -0.2) is 5.90 Å². The van der Waals surface area contributed by atoms with Crippen LogP contribution >= 0.6 is 0 Å². The summed E-state index contributed by atoms with van der Waals surface area (Å²) in [6, 6.07) is 0. The van der Waals surface area contributed by atoms with Crippen molar-refractivity contribution >= 4 is 5.78 Å². The molecule has 0 spiro atoms. The first-order valence-electron chi connectivity index (χ1n) is 3.69. The van der Waals surface area contributed by atoms with Gasteiger partial charge in [-0.15, -0.1) is 0 Å². The summed E-state index contributed by atoms with van der Waals surface area (Å²) in [5, 5.41) is 0. The molecule has 0 unspecified atom stereocenters. The molecular formula is C7H13NO2. The second kappa shape index (κ2) is 3.68. The molecule has 1 aliphatic carbocycles. The van der Waals surface area contributed by atoms with Crippen LogP contribution in [0.15, 0.2) is 0 Å². The maximum atomic E-state index is 11.0. The summed E-state index contributed by atoms with van der Waals surface area (Å²) in [6.07, 6.45) is 4.42. The molecule has 2 N–H and O–H groups in total. The van der Waals surface area contributed by atoms with Crippen LogP contribution in [0.5, 0.6) is 0 Å². The quantitative estimate of drug-likeness (QED) is 0.590. The van der Waals surface area contributed by atoms with Crippen molar-refractivity contribution < 1.29 is 9.63 Å². The molecule has 10 heavy (non-hydrogen) atoms. The van der Waals surface area contributed by atoms with Crippen molar-refractivity contribution in [2.75, 3.05) is 6.61 Å². The fourth-order valence-corrected chi connectivity index (χ4v) is 1.45. The number of nitrogens with two attached hydrogens (primary N) is 1. The second-order valence-corrected chi connectivity index (χ2v) is 2.76. The van der Waals surface area contributed by atoms with Crippen LogP contribution in [0.1, 0.15) is 25.7 Å². The van der Waals surface area contributed by atoms with Gasteiger partial charge in [-0.05, 0) is 12.8 Å². The van der Waals surface area contributed by atoms with Crippen LogP contribution in [0.4, 0.5) is 0 Å². The van der Waals surface area contributed by atoms with Gasteiger partial charge in [0.2, 0.25) is 0 Å². The molecule has 0 aliphatic heterocycles. The molecule has 1 aliphatic rings. The Labute approximate surface area is 60.5 Å². The van der Waals surface area contributed by atoms with Gasteiger partial charge in [-0.3, -0.25) is 9.63 Å². The minimum absolute atomic E-state index is 0.0880. The summed E-state index contributed by atoms with van der Waals surface area (Å²) in [4.78, 5) is 15.3. The molecule has 0 heterocycles. The first-order valence-corrected chi connectivity index (χ1v) is 3.69. The summed E-state index contributed by atoms with van der Waals surface area (Å²) in [6.45, 7) is 0.0880. The van der Waals surface area contributed by atoms with Gasteiger partial charge in [0, 0.05) is 5.92 Å². The molecule has 0 bridgehead atoms. The smallest absolute Gasteiger partial charge is 0.163 e. The maximum absolute atomic E-state index is 11.0. The molecule has 1 rings (SSSR count). The van der Waals surface area contributed by atoms with Crippen LogP contribution in [0.25, 0.3) is 0 Å². The van der Waals surface area contributed by atoms with Gasteiger partial charge in [0.1, 0.15) is 6.61 Å². The molecule has 0 aromatic rings. The SMILES string of the molecule is NOCC(=O)C1CCCC1. The van der Waals surface area contributed by atoms with E-state index in [0.717, 1.165) is 12.8 Å². The number of ketones is 1. The fourth-order valence-electron chi connectivity index (χ4n) is 1.45. The van der Waals surface area contributed by atoms with Crippen molar-refractivity contribution in [1.82, 2.24) is 0 Å². The topological polar surface area (TPSA) is 52.3 Å². The summed E-state index contributed by atoms with van der Waals surface area (Å²) >= 11 is 0. The molecule has 0 atom stereocenters. The molecule has 3 nitrogen and oxygen atoms in total. The van der Waals surface area contributed by atoms with E-state index in [2.05, 4.69) is 4.84 Å². The van der Waals surface area contributed by atoms with E-state index in [1.807, 2.05) is 0 Å². The van der Waals surface area contributed by atoms with Crippen molar-refractivity contribution in [2.45, 2.75) is 25.7 Å². The zero-order chi connectivity index (χ0) is 7.40. The van der Waals surface area contributed by atoms with E-state index in [-0.39, 0.29) is 18.3 Å². The van der Waals surface area contributed by atoms with E-state index in [9.17, 15) is 4.79 Å². The number of carbonyl (C=O) groups is 1. The van der Waals surface area contributed by atoms with E-state index in [1.165, 1.54) is 12.8 Å². The zero-order valence-corrected chi connectivity index (χ0v) is 6.01. The lowest BCUT2D eigenvalue weighted by Crippen LogP contribution is -2.19. The first-order chi connectivity index (χ1) is 4.84. The van der Waals surface area contributed by atoms with Crippen molar-refractivity contribution in [3.8, 4) is 0 Å². The third-order valence-electron chi connectivity index (χ3n) is 2.04. The molecule has 0 saturated heterocycles. The average molecular weight is 143 g/mol. The lowest BCUT2D eigenvalue weighted by molar-refractivity contribution is -0.127. The summed E-state index contributed by atoms with van der Waals surface area (Å²) in [5.74, 6) is 5.18. The van der Waals surface area contributed by atoms with Crippen LogP contribution in [0, 0.1) is 5.92 Å². The van der Waals surface area contributed by atoms with Crippen molar-refractivity contribution in [2.24, 2.45) is 11.8 Å². The minimum atomic E-state index is 0.0880. The zero-order valence-electron chi connectivity index (χ0n) is 6.01. The van der Waals surface area contributed by atoms with E-state index in [1.54, 1.807) is 0 Å². The highest BCUT2D eigenvalue weighted by atomic mass is 16.6. The van der Waals surface area contributed by atoms with Crippen LogP contribution < -0.4 is 5.90 Å². The van der Waals surface area contributed by atoms with Gasteiger partial charge in [0.15, 0.2) is 5.78 Å². The van der Waals surface area contributed by atoms with E-state index in [4.69, 9.17) is 5.90 Å². The molecular weight excluding hydrogens is 130 g/mol. The first kappa shape index (κ1) is 7.69. The van der Waals surface area contributed by atoms with E-state index in [0.29, 0.717) is 0 Å². The number of rotatable bonds is 3. The van der Waals surface area contributed by atoms with Gasteiger partial charge < -0.3 is 0 Å². The fraction of sp³-hybridized carbons (Fsp3) is 0.857. The maximum Gasteiger partial charge on any atom is 0.163 e. The Kier molecular flexibility index (Phi) is 2.83. The minimum Gasteiger partial charge on any atom is -0.297 e. The molecule has 3 heteroatoms. The monoisotopic (exact) mass is 143 g/mol. The normalized spacial score (nSPS) is 19.7. The lowest BCUT2D eigenvalue weighted by Gasteiger charge is -2.04. The number of carbonyl (C=O) groups excluding carboxylic acids is 1. The Bertz CT molecular complexity index is 119. The molecule has 0 aromatic heterocycles. The molecule has 58 valence electrons. The summed E-state index contributed by atoms with van der Waals surface area (Å²) < 4.78 is 0. The summed E-state index contributed by atoms with van der Waals surface area (Å²) in [5.41, 5.74) is 0. The Morgan fingerprint density at radius 2 is 2.10 bits per heavy atom. The highest BCUT2D eigenvalue weighted by Crippen LogP contribution is 2.25. The number of Topliss-reactive ketones (excluding diaryl/α,β-unsaturated/α-hetero) is 1. The predicted molar refractivity (Wildman–Crippen MR) is 37.1 cm³/mol. The third kappa shape index (κ3) is 1.78. The molecule has 1 fully saturated rings. The van der Waals surface area contributed by atoms with Gasteiger partial charge >= 0.3 is 0 Å². The standard InChI is InChI=1S/C7H13NO2/c8-10-5-7(9)6-3-1-2-4-6/h6H,1-5,8H2. The van der Waals surface area contributed by atoms with E-state index >= 15 is 0 Å². The molecule has 0 radical (unpaired) electrons. The Balaban J connectivity index is 2.25. The second-order valence-electron chi connectivity index (χ2n) is 2.76. The number of hydrogen-bond acceptors (Lipinski definition) is 3. The van der Waals surface area contributed by atoms with Crippen molar-refractivity contribution in [3.05, 3.63) is 0 Å².